The molecule has 6 heteroatoms. The van der Waals surface area contributed by atoms with Crippen molar-refractivity contribution in [3.05, 3.63) is 0 Å². The van der Waals surface area contributed by atoms with Gasteiger partial charge in [0.05, 0.1) is 0 Å². The third-order valence-electron chi connectivity index (χ3n) is 4.13. The van der Waals surface area contributed by atoms with E-state index in [4.69, 9.17) is 0 Å². The summed E-state index contributed by atoms with van der Waals surface area (Å²) in [5.41, 5.74) is 0.342. The lowest BCUT2D eigenvalue weighted by Gasteiger charge is -2.24. The molecule has 2 aliphatic rings. The standard InChI is InChI=1S/C15H28N4O.HI/c1-4-16-14(19-10-7-15(2,3)12-19)17-11-13(20)18-8-5-6-9-18;/h4-12H2,1-3H3,(H,16,17);1H. The Kier molecular flexibility index (Phi) is 7.23. The van der Waals surface area contributed by atoms with Gasteiger partial charge in [0.2, 0.25) is 5.91 Å². The van der Waals surface area contributed by atoms with Crippen molar-refractivity contribution >= 4 is 35.8 Å². The lowest BCUT2D eigenvalue weighted by atomic mass is 9.93. The molecule has 0 saturated carbocycles. The Bertz CT molecular complexity index is 378. The van der Waals surface area contributed by atoms with Crippen LogP contribution in [0, 0.1) is 5.41 Å². The summed E-state index contributed by atoms with van der Waals surface area (Å²) in [6.45, 7) is 11.6. The Balaban J connectivity index is 0.00000220. The lowest BCUT2D eigenvalue weighted by Crippen LogP contribution is -2.41. The Morgan fingerprint density at radius 3 is 2.38 bits per heavy atom. The topological polar surface area (TPSA) is 47.9 Å². The van der Waals surface area contributed by atoms with Crippen molar-refractivity contribution in [3.8, 4) is 0 Å². The van der Waals surface area contributed by atoms with E-state index in [2.05, 4.69) is 36.0 Å². The van der Waals surface area contributed by atoms with Crippen LogP contribution >= 0.6 is 24.0 Å². The average molecular weight is 408 g/mol. The largest absolute Gasteiger partial charge is 0.357 e. The Morgan fingerprint density at radius 1 is 1.19 bits per heavy atom. The number of guanidine groups is 1. The van der Waals surface area contributed by atoms with Crippen molar-refractivity contribution in [2.45, 2.75) is 40.0 Å². The second kappa shape index (κ2) is 8.19. The summed E-state index contributed by atoms with van der Waals surface area (Å²) in [5, 5.41) is 3.31. The number of halogens is 1. The van der Waals surface area contributed by atoms with E-state index in [0.29, 0.717) is 5.41 Å². The summed E-state index contributed by atoms with van der Waals surface area (Å²) >= 11 is 0. The monoisotopic (exact) mass is 408 g/mol. The third-order valence-corrected chi connectivity index (χ3v) is 4.13. The molecule has 0 unspecified atom stereocenters. The fourth-order valence-corrected chi connectivity index (χ4v) is 2.93. The zero-order valence-electron chi connectivity index (χ0n) is 13.5. The van der Waals surface area contributed by atoms with Gasteiger partial charge in [0.1, 0.15) is 6.54 Å². The highest BCUT2D eigenvalue weighted by Crippen LogP contribution is 2.28. The zero-order valence-corrected chi connectivity index (χ0v) is 15.9. The molecule has 2 aliphatic heterocycles. The van der Waals surface area contributed by atoms with Crippen LogP contribution in [0.3, 0.4) is 0 Å². The van der Waals surface area contributed by atoms with Gasteiger partial charge in [-0.25, -0.2) is 4.99 Å². The zero-order chi connectivity index (χ0) is 14.6. The van der Waals surface area contributed by atoms with E-state index in [1.807, 2.05) is 4.90 Å². The molecular formula is C15H29IN4O. The number of nitrogens with one attached hydrogen (secondary N) is 1. The molecule has 2 rings (SSSR count). The molecule has 0 aromatic rings. The van der Waals surface area contributed by atoms with Crippen molar-refractivity contribution in [3.63, 3.8) is 0 Å². The molecule has 2 fully saturated rings. The predicted molar refractivity (Wildman–Crippen MR) is 97.2 cm³/mol. The molecule has 1 amide bonds. The fourth-order valence-electron chi connectivity index (χ4n) is 2.93. The maximum Gasteiger partial charge on any atom is 0.244 e. The van der Waals surface area contributed by atoms with Crippen LogP contribution in [0.5, 0.6) is 0 Å². The molecule has 0 spiro atoms. The first-order chi connectivity index (χ1) is 9.52. The minimum Gasteiger partial charge on any atom is -0.357 e. The fraction of sp³-hybridized carbons (Fsp3) is 0.867. The van der Waals surface area contributed by atoms with Gasteiger partial charge in [-0.3, -0.25) is 4.79 Å². The van der Waals surface area contributed by atoms with E-state index in [1.165, 1.54) is 6.42 Å². The van der Waals surface area contributed by atoms with E-state index in [9.17, 15) is 4.79 Å². The van der Waals surface area contributed by atoms with Gasteiger partial charge in [-0.05, 0) is 31.6 Å². The molecule has 21 heavy (non-hydrogen) atoms. The second-order valence-electron chi connectivity index (χ2n) is 6.59. The summed E-state index contributed by atoms with van der Waals surface area (Å²) in [4.78, 5) is 20.8. The Hall–Kier alpha value is -0.530. The van der Waals surface area contributed by atoms with Gasteiger partial charge in [-0.1, -0.05) is 13.8 Å². The second-order valence-corrected chi connectivity index (χ2v) is 6.59. The molecule has 0 atom stereocenters. The molecule has 122 valence electrons. The van der Waals surface area contributed by atoms with Gasteiger partial charge in [0, 0.05) is 32.7 Å². The van der Waals surface area contributed by atoms with Gasteiger partial charge in [0.15, 0.2) is 5.96 Å². The number of carbonyl (C=O) groups is 1. The van der Waals surface area contributed by atoms with Crippen molar-refractivity contribution in [2.75, 3.05) is 39.3 Å². The average Bonchev–Trinajstić information content (AvgIpc) is 3.03. The van der Waals surface area contributed by atoms with Gasteiger partial charge < -0.3 is 15.1 Å². The SMILES string of the molecule is CCNC(=NCC(=O)N1CCCC1)N1CCC(C)(C)C1.I. The van der Waals surface area contributed by atoms with Crippen molar-refractivity contribution in [1.29, 1.82) is 0 Å². The summed E-state index contributed by atoms with van der Waals surface area (Å²) in [7, 11) is 0. The van der Waals surface area contributed by atoms with Crippen LogP contribution in [-0.4, -0.2) is 60.9 Å². The third kappa shape index (κ3) is 5.30. The first-order valence-electron chi connectivity index (χ1n) is 7.83. The van der Waals surface area contributed by atoms with Crippen molar-refractivity contribution in [1.82, 2.24) is 15.1 Å². The molecule has 2 heterocycles. The number of rotatable bonds is 3. The summed E-state index contributed by atoms with van der Waals surface area (Å²) < 4.78 is 0. The summed E-state index contributed by atoms with van der Waals surface area (Å²) in [6.07, 6.45) is 3.45. The molecular weight excluding hydrogens is 379 g/mol. The molecule has 5 nitrogen and oxygen atoms in total. The van der Waals surface area contributed by atoms with E-state index >= 15 is 0 Å². The Labute approximate surface area is 145 Å². The van der Waals surface area contributed by atoms with E-state index in [0.717, 1.165) is 51.5 Å². The first-order valence-corrected chi connectivity index (χ1v) is 7.83. The first kappa shape index (κ1) is 18.5. The van der Waals surface area contributed by atoms with Crippen LogP contribution in [0.4, 0.5) is 0 Å². The van der Waals surface area contributed by atoms with Crippen molar-refractivity contribution < 1.29 is 4.79 Å². The minimum atomic E-state index is 0. The number of hydrogen-bond donors (Lipinski definition) is 1. The maximum atomic E-state index is 12.1. The number of carbonyl (C=O) groups excluding carboxylic acids is 1. The molecule has 1 N–H and O–H groups in total. The van der Waals surface area contributed by atoms with Crippen LogP contribution in [0.25, 0.3) is 0 Å². The van der Waals surface area contributed by atoms with E-state index < -0.39 is 0 Å². The summed E-state index contributed by atoms with van der Waals surface area (Å²) in [5.74, 6) is 1.06. The summed E-state index contributed by atoms with van der Waals surface area (Å²) in [6, 6.07) is 0. The maximum absolute atomic E-state index is 12.1. The molecule has 0 bridgehead atoms. The van der Waals surface area contributed by atoms with Crippen LogP contribution in [0.2, 0.25) is 0 Å². The highest BCUT2D eigenvalue weighted by atomic mass is 127. The highest BCUT2D eigenvalue weighted by Gasteiger charge is 2.31. The normalized spacial score (nSPS) is 21.4. The highest BCUT2D eigenvalue weighted by molar-refractivity contribution is 14.0. The van der Waals surface area contributed by atoms with E-state index in [1.54, 1.807) is 0 Å². The van der Waals surface area contributed by atoms with Gasteiger partial charge >= 0.3 is 0 Å². The number of aliphatic imine (C=N–C) groups is 1. The Morgan fingerprint density at radius 2 is 1.86 bits per heavy atom. The van der Waals surface area contributed by atoms with Gasteiger partial charge in [-0.2, -0.15) is 0 Å². The predicted octanol–water partition coefficient (Wildman–Crippen LogP) is 1.92. The minimum absolute atomic E-state index is 0. The van der Waals surface area contributed by atoms with Gasteiger partial charge in [-0.15, -0.1) is 24.0 Å². The van der Waals surface area contributed by atoms with Crippen LogP contribution < -0.4 is 5.32 Å². The van der Waals surface area contributed by atoms with Crippen LogP contribution in [-0.2, 0) is 4.79 Å². The molecule has 0 radical (unpaired) electrons. The number of likely N-dealkylation sites (tertiary alicyclic amines) is 2. The molecule has 0 aromatic carbocycles. The van der Waals surface area contributed by atoms with Gasteiger partial charge in [0.25, 0.3) is 0 Å². The molecule has 0 aliphatic carbocycles. The smallest absolute Gasteiger partial charge is 0.244 e. The number of hydrogen-bond acceptors (Lipinski definition) is 2. The van der Waals surface area contributed by atoms with Crippen LogP contribution in [0.1, 0.15) is 40.0 Å². The molecule has 0 aromatic heterocycles. The number of nitrogens with zero attached hydrogens (tertiary/aromatic N) is 3. The van der Waals surface area contributed by atoms with Crippen molar-refractivity contribution in [2.24, 2.45) is 10.4 Å². The number of amides is 1. The molecule has 2 saturated heterocycles. The lowest BCUT2D eigenvalue weighted by molar-refractivity contribution is -0.128. The van der Waals surface area contributed by atoms with Crippen LogP contribution in [0.15, 0.2) is 4.99 Å². The quantitative estimate of drug-likeness (QED) is 0.441. The van der Waals surface area contributed by atoms with E-state index in [-0.39, 0.29) is 36.4 Å².